The van der Waals surface area contributed by atoms with Crippen LogP contribution in [0.5, 0.6) is 5.75 Å². The molecule has 2 aromatic rings. The Morgan fingerprint density at radius 2 is 1.88 bits per heavy atom. The second-order valence-corrected chi connectivity index (χ2v) is 6.44. The highest BCUT2D eigenvalue weighted by Gasteiger charge is 2.21. The highest BCUT2D eigenvalue weighted by molar-refractivity contribution is 6.36. The molecule has 0 saturated heterocycles. The van der Waals surface area contributed by atoms with Gasteiger partial charge < -0.3 is 15.0 Å². The van der Waals surface area contributed by atoms with Gasteiger partial charge in [0.1, 0.15) is 12.3 Å². The van der Waals surface area contributed by atoms with E-state index < -0.39 is 0 Å². The van der Waals surface area contributed by atoms with E-state index in [2.05, 4.69) is 5.32 Å². The minimum atomic E-state index is -0.342. The Morgan fingerprint density at radius 1 is 1.15 bits per heavy atom. The van der Waals surface area contributed by atoms with E-state index in [0.717, 1.165) is 6.42 Å². The average Bonchev–Trinajstić information content (AvgIpc) is 2.63. The first kappa shape index (κ1) is 20.1. The van der Waals surface area contributed by atoms with Gasteiger partial charge in [0.2, 0.25) is 5.91 Å². The molecule has 0 unspecified atom stereocenters. The average molecular weight is 395 g/mol. The number of nitrogens with one attached hydrogen (secondary N) is 1. The maximum absolute atomic E-state index is 12.8. The van der Waals surface area contributed by atoms with Gasteiger partial charge in [0.25, 0.3) is 5.91 Å². The number of anilines is 1. The number of halogens is 2. The van der Waals surface area contributed by atoms with E-state index in [1.54, 1.807) is 42.5 Å². The SMILES string of the molecule is CCCN(CC(=O)Nc1ccc(Cl)cc1Cl)C(=O)c1ccccc1OC. The number of benzene rings is 2. The molecule has 2 aromatic carbocycles. The minimum Gasteiger partial charge on any atom is -0.496 e. The van der Waals surface area contributed by atoms with Crippen molar-refractivity contribution in [2.75, 3.05) is 25.5 Å². The molecule has 26 heavy (non-hydrogen) atoms. The van der Waals surface area contributed by atoms with Crippen LogP contribution in [0.3, 0.4) is 0 Å². The molecule has 0 aliphatic heterocycles. The molecule has 1 N–H and O–H groups in total. The maximum Gasteiger partial charge on any atom is 0.258 e. The van der Waals surface area contributed by atoms with Crippen molar-refractivity contribution in [3.63, 3.8) is 0 Å². The first-order valence-corrected chi connectivity index (χ1v) is 8.89. The lowest BCUT2D eigenvalue weighted by Crippen LogP contribution is -2.38. The molecule has 0 aliphatic carbocycles. The standard InChI is InChI=1S/C19H20Cl2N2O3/c1-3-10-23(19(25)14-6-4-5-7-17(14)26-2)12-18(24)22-16-9-8-13(20)11-15(16)21/h4-9,11H,3,10,12H2,1-2H3,(H,22,24). The van der Waals surface area contributed by atoms with Crippen molar-refractivity contribution in [2.24, 2.45) is 0 Å². The number of rotatable bonds is 7. The van der Waals surface area contributed by atoms with Gasteiger partial charge in [-0.25, -0.2) is 0 Å². The van der Waals surface area contributed by atoms with Crippen LogP contribution >= 0.6 is 23.2 Å². The zero-order chi connectivity index (χ0) is 19.1. The van der Waals surface area contributed by atoms with Crippen LogP contribution in [0.15, 0.2) is 42.5 Å². The number of carbonyl (C=O) groups is 2. The molecular weight excluding hydrogens is 375 g/mol. The van der Waals surface area contributed by atoms with Gasteiger partial charge in [0.05, 0.1) is 23.4 Å². The summed E-state index contributed by atoms with van der Waals surface area (Å²) in [5.74, 6) is -0.132. The van der Waals surface area contributed by atoms with Crippen molar-refractivity contribution < 1.29 is 14.3 Å². The lowest BCUT2D eigenvalue weighted by atomic mass is 10.1. The molecule has 0 saturated carbocycles. The predicted octanol–water partition coefficient (Wildman–Crippen LogP) is 4.49. The van der Waals surface area contributed by atoms with Gasteiger partial charge in [-0.1, -0.05) is 42.3 Å². The van der Waals surface area contributed by atoms with Crippen molar-refractivity contribution in [1.82, 2.24) is 4.90 Å². The summed E-state index contributed by atoms with van der Waals surface area (Å²) in [5.41, 5.74) is 0.864. The number of carbonyl (C=O) groups excluding carboxylic acids is 2. The van der Waals surface area contributed by atoms with Crippen molar-refractivity contribution in [2.45, 2.75) is 13.3 Å². The van der Waals surface area contributed by atoms with Crippen LogP contribution in [0.25, 0.3) is 0 Å². The van der Waals surface area contributed by atoms with Crippen LogP contribution in [0, 0.1) is 0 Å². The minimum absolute atomic E-state index is 0.0936. The first-order chi connectivity index (χ1) is 12.5. The molecule has 2 rings (SSSR count). The molecule has 0 bridgehead atoms. The number of hydrogen-bond donors (Lipinski definition) is 1. The van der Waals surface area contributed by atoms with Crippen molar-refractivity contribution in [3.05, 3.63) is 58.1 Å². The number of para-hydroxylation sites is 1. The van der Waals surface area contributed by atoms with Gasteiger partial charge in [-0.3, -0.25) is 9.59 Å². The summed E-state index contributed by atoms with van der Waals surface area (Å²) in [4.78, 5) is 26.7. The number of nitrogens with zero attached hydrogens (tertiary/aromatic N) is 1. The number of hydrogen-bond acceptors (Lipinski definition) is 3. The van der Waals surface area contributed by atoms with Gasteiger partial charge >= 0.3 is 0 Å². The first-order valence-electron chi connectivity index (χ1n) is 8.13. The third-order valence-electron chi connectivity index (χ3n) is 3.66. The second-order valence-electron chi connectivity index (χ2n) is 5.60. The van der Waals surface area contributed by atoms with E-state index >= 15 is 0 Å². The highest BCUT2D eigenvalue weighted by atomic mass is 35.5. The summed E-state index contributed by atoms with van der Waals surface area (Å²) in [6.45, 7) is 2.29. The molecule has 5 nitrogen and oxygen atoms in total. The van der Waals surface area contributed by atoms with E-state index in [1.807, 2.05) is 6.92 Å². The van der Waals surface area contributed by atoms with Crippen LogP contribution in [0.2, 0.25) is 10.0 Å². The Hall–Kier alpha value is -2.24. The van der Waals surface area contributed by atoms with Gasteiger partial charge in [-0.05, 0) is 36.8 Å². The van der Waals surface area contributed by atoms with Crippen LogP contribution < -0.4 is 10.1 Å². The van der Waals surface area contributed by atoms with Gasteiger partial charge in [0.15, 0.2) is 0 Å². The fourth-order valence-corrected chi connectivity index (χ4v) is 2.92. The van der Waals surface area contributed by atoms with Crippen molar-refractivity contribution in [3.8, 4) is 5.75 Å². The number of ether oxygens (including phenoxy) is 1. The van der Waals surface area contributed by atoms with Crippen LogP contribution in [0.4, 0.5) is 5.69 Å². The molecule has 138 valence electrons. The monoisotopic (exact) mass is 394 g/mol. The van der Waals surface area contributed by atoms with Gasteiger partial charge in [0, 0.05) is 11.6 Å². The molecule has 0 spiro atoms. The summed E-state index contributed by atoms with van der Waals surface area (Å²) < 4.78 is 5.24. The van der Waals surface area contributed by atoms with E-state index in [0.29, 0.717) is 33.6 Å². The number of amides is 2. The Kier molecular flexibility index (Phi) is 7.30. The van der Waals surface area contributed by atoms with E-state index in [-0.39, 0.29) is 18.4 Å². The Bertz CT molecular complexity index is 796. The molecule has 0 radical (unpaired) electrons. The summed E-state index contributed by atoms with van der Waals surface area (Å²) in [6, 6.07) is 11.7. The smallest absolute Gasteiger partial charge is 0.258 e. The van der Waals surface area contributed by atoms with Gasteiger partial charge in [-0.2, -0.15) is 0 Å². The normalized spacial score (nSPS) is 10.3. The van der Waals surface area contributed by atoms with Crippen molar-refractivity contribution >= 4 is 40.7 Å². The Balaban J connectivity index is 2.14. The highest BCUT2D eigenvalue weighted by Crippen LogP contribution is 2.25. The summed E-state index contributed by atoms with van der Waals surface area (Å²) >= 11 is 11.9. The summed E-state index contributed by atoms with van der Waals surface area (Å²) in [6.07, 6.45) is 0.718. The molecule has 0 aliphatic rings. The fourth-order valence-electron chi connectivity index (χ4n) is 2.47. The van der Waals surface area contributed by atoms with Crippen LogP contribution in [-0.2, 0) is 4.79 Å². The van der Waals surface area contributed by atoms with Gasteiger partial charge in [-0.15, -0.1) is 0 Å². The fraction of sp³-hybridized carbons (Fsp3) is 0.263. The summed E-state index contributed by atoms with van der Waals surface area (Å²) in [5, 5.41) is 3.52. The molecule has 7 heteroatoms. The zero-order valence-corrected chi connectivity index (χ0v) is 16.1. The van der Waals surface area contributed by atoms with E-state index in [9.17, 15) is 9.59 Å². The Labute approximate surface area is 162 Å². The predicted molar refractivity (Wildman–Crippen MR) is 104 cm³/mol. The van der Waals surface area contributed by atoms with Crippen LogP contribution in [0.1, 0.15) is 23.7 Å². The molecule has 0 heterocycles. The molecule has 0 atom stereocenters. The molecule has 2 amide bonds. The lowest BCUT2D eigenvalue weighted by Gasteiger charge is -2.22. The second kappa shape index (κ2) is 9.46. The quantitative estimate of drug-likeness (QED) is 0.752. The Morgan fingerprint density at radius 3 is 2.54 bits per heavy atom. The van der Waals surface area contributed by atoms with E-state index in [1.165, 1.54) is 12.0 Å². The molecule has 0 aromatic heterocycles. The lowest BCUT2D eigenvalue weighted by molar-refractivity contribution is -0.116. The van der Waals surface area contributed by atoms with Crippen LogP contribution in [-0.4, -0.2) is 36.9 Å². The van der Waals surface area contributed by atoms with Crippen molar-refractivity contribution in [1.29, 1.82) is 0 Å². The summed E-state index contributed by atoms with van der Waals surface area (Å²) in [7, 11) is 1.51. The molecule has 0 fully saturated rings. The maximum atomic E-state index is 12.8. The number of methoxy groups -OCH3 is 1. The third kappa shape index (κ3) is 5.13. The van der Waals surface area contributed by atoms with E-state index in [4.69, 9.17) is 27.9 Å². The topological polar surface area (TPSA) is 58.6 Å². The third-order valence-corrected chi connectivity index (χ3v) is 4.21. The molecular formula is C19H20Cl2N2O3. The zero-order valence-electron chi connectivity index (χ0n) is 14.6. The largest absolute Gasteiger partial charge is 0.496 e.